The summed E-state index contributed by atoms with van der Waals surface area (Å²) in [7, 11) is 0. The summed E-state index contributed by atoms with van der Waals surface area (Å²) < 4.78 is 6.57. The predicted molar refractivity (Wildman–Crippen MR) is 89.6 cm³/mol. The largest absolute Gasteiger partial charge is 0.494 e. The van der Waals surface area contributed by atoms with Crippen LogP contribution in [0, 0.1) is 5.92 Å². The average molecular weight is 346 g/mol. The number of hydrogen-bond acceptors (Lipinski definition) is 2. The number of nitrogens with two attached hydrogens (primary N) is 1. The van der Waals surface area contributed by atoms with Gasteiger partial charge in [-0.25, -0.2) is 0 Å². The Kier molecular flexibility index (Phi) is 4.32. The van der Waals surface area contributed by atoms with E-state index in [4.69, 9.17) is 10.5 Å². The molecule has 110 valence electrons. The van der Waals surface area contributed by atoms with E-state index in [9.17, 15) is 0 Å². The second-order valence-corrected chi connectivity index (χ2v) is 6.43. The molecule has 2 N–H and O–H groups in total. The van der Waals surface area contributed by atoms with Gasteiger partial charge in [-0.3, -0.25) is 0 Å². The van der Waals surface area contributed by atoms with Crippen molar-refractivity contribution in [1.82, 2.24) is 0 Å². The summed E-state index contributed by atoms with van der Waals surface area (Å²) in [6.45, 7) is 2.67. The Morgan fingerprint density at radius 2 is 1.86 bits per heavy atom. The highest BCUT2D eigenvalue weighted by molar-refractivity contribution is 9.10. The molecule has 0 saturated carbocycles. The van der Waals surface area contributed by atoms with Crippen LogP contribution in [0.5, 0.6) is 5.75 Å². The summed E-state index contributed by atoms with van der Waals surface area (Å²) >= 11 is 3.64. The second kappa shape index (κ2) is 6.20. The van der Waals surface area contributed by atoms with Gasteiger partial charge in [-0.2, -0.15) is 0 Å². The Morgan fingerprint density at radius 1 is 1.19 bits per heavy atom. The Labute approximate surface area is 134 Å². The van der Waals surface area contributed by atoms with Gasteiger partial charge in [0.05, 0.1) is 6.61 Å². The van der Waals surface area contributed by atoms with Crippen molar-refractivity contribution in [2.45, 2.75) is 25.8 Å². The third kappa shape index (κ3) is 2.99. The molecular formula is C18H20BrNO. The van der Waals surface area contributed by atoms with Crippen molar-refractivity contribution in [1.29, 1.82) is 0 Å². The van der Waals surface area contributed by atoms with E-state index >= 15 is 0 Å². The maximum atomic E-state index is 6.53. The molecule has 1 unspecified atom stereocenters. The highest BCUT2D eigenvalue weighted by atomic mass is 79.9. The summed E-state index contributed by atoms with van der Waals surface area (Å²) in [5.74, 6) is 1.35. The predicted octanol–water partition coefficient (Wildman–Crippen LogP) is 4.26. The van der Waals surface area contributed by atoms with E-state index in [1.807, 2.05) is 19.1 Å². The summed E-state index contributed by atoms with van der Waals surface area (Å²) in [5, 5.41) is 0. The van der Waals surface area contributed by atoms with Gasteiger partial charge in [0, 0.05) is 10.5 Å². The molecule has 0 aromatic heterocycles. The SMILES string of the molecule is CCOc1ccc(C(N)C2Cc3ccccc3C2)c(Br)c1. The second-order valence-electron chi connectivity index (χ2n) is 5.58. The van der Waals surface area contributed by atoms with Crippen molar-refractivity contribution >= 4 is 15.9 Å². The first-order valence-corrected chi connectivity index (χ1v) is 8.23. The number of hydrogen-bond donors (Lipinski definition) is 1. The van der Waals surface area contributed by atoms with E-state index in [0.29, 0.717) is 12.5 Å². The zero-order valence-electron chi connectivity index (χ0n) is 12.2. The van der Waals surface area contributed by atoms with Crippen molar-refractivity contribution in [2.24, 2.45) is 11.7 Å². The van der Waals surface area contributed by atoms with Crippen LogP contribution in [0.1, 0.15) is 29.7 Å². The van der Waals surface area contributed by atoms with Crippen molar-refractivity contribution < 1.29 is 4.74 Å². The monoisotopic (exact) mass is 345 g/mol. The molecule has 0 amide bonds. The third-order valence-electron chi connectivity index (χ3n) is 4.23. The average Bonchev–Trinajstić information content (AvgIpc) is 2.91. The highest BCUT2D eigenvalue weighted by Crippen LogP contribution is 2.37. The van der Waals surface area contributed by atoms with Crippen LogP contribution in [-0.2, 0) is 12.8 Å². The van der Waals surface area contributed by atoms with Crippen molar-refractivity contribution in [3.63, 3.8) is 0 Å². The topological polar surface area (TPSA) is 35.2 Å². The molecule has 0 saturated heterocycles. The maximum absolute atomic E-state index is 6.53. The molecule has 0 fully saturated rings. The van der Waals surface area contributed by atoms with Crippen LogP contribution in [0.15, 0.2) is 46.9 Å². The standard InChI is InChI=1S/C18H20BrNO/c1-2-21-15-7-8-16(17(19)11-15)18(20)14-9-12-5-3-4-6-13(12)10-14/h3-8,11,14,18H,2,9-10,20H2,1H3. The lowest BCUT2D eigenvalue weighted by Crippen LogP contribution is -2.22. The zero-order valence-corrected chi connectivity index (χ0v) is 13.8. The van der Waals surface area contributed by atoms with Crippen LogP contribution in [0.4, 0.5) is 0 Å². The van der Waals surface area contributed by atoms with Gasteiger partial charge in [-0.05, 0) is 54.5 Å². The van der Waals surface area contributed by atoms with Crippen LogP contribution >= 0.6 is 15.9 Å². The Balaban J connectivity index is 1.79. The Morgan fingerprint density at radius 3 is 2.43 bits per heavy atom. The van der Waals surface area contributed by atoms with Crippen molar-refractivity contribution in [3.05, 3.63) is 63.6 Å². The molecule has 2 nitrogen and oxygen atoms in total. The van der Waals surface area contributed by atoms with Crippen LogP contribution in [0.25, 0.3) is 0 Å². The molecular weight excluding hydrogens is 326 g/mol. The summed E-state index contributed by atoms with van der Waals surface area (Å²) in [4.78, 5) is 0. The van der Waals surface area contributed by atoms with E-state index in [0.717, 1.165) is 28.6 Å². The lowest BCUT2D eigenvalue weighted by Gasteiger charge is -2.21. The van der Waals surface area contributed by atoms with Crippen LogP contribution in [0.3, 0.4) is 0 Å². The molecule has 2 aromatic rings. The molecule has 3 heteroatoms. The van der Waals surface area contributed by atoms with Gasteiger partial charge in [0.1, 0.15) is 5.75 Å². The normalized spacial score (nSPS) is 15.8. The van der Waals surface area contributed by atoms with Crippen LogP contribution in [-0.4, -0.2) is 6.61 Å². The molecule has 21 heavy (non-hydrogen) atoms. The van der Waals surface area contributed by atoms with Gasteiger partial charge in [0.25, 0.3) is 0 Å². The minimum absolute atomic E-state index is 0.0439. The first-order chi connectivity index (χ1) is 10.2. The minimum Gasteiger partial charge on any atom is -0.494 e. The van der Waals surface area contributed by atoms with Gasteiger partial charge in [0.2, 0.25) is 0 Å². The molecule has 0 bridgehead atoms. The molecule has 2 aromatic carbocycles. The maximum Gasteiger partial charge on any atom is 0.120 e. The minimum atomic E-state index is 0.0439. The molecule has 0 aliphatic heterocycles. The fourth-order valence-electron chi connectivity index (χ4n) is 3.14. The van der Waals surface area contributed by atoms with Gasteiger partial charge in [0.15, 0.2) is 0 Å². The van der Waals surface area contributed by atoms with E-state index in [1.165, 1.54) is 11.1 Å². The molecule has 0 heterocycles. The third-order valence-corrected chi connectivity index (χ3v) is 4.92. The number of rotatable bonds is 4. The Bertz CT molecular complexity index is 616. The van der Waals surface area contributed by atoms with Gasteiger partial charge in [-0.15, -0.1) is 0 Å². The van der Waals surface area contributed by atoms with Crippen molar-refractivity contribution in [2.75, 3.05) is 6.61 Å². The van der Waals surface area contributed by atoms with Gasteiger partial charge < -0.3 is 10.5 Å². The first-order valence-electron chi connectivity index (χ1n) is 7.43. The zero-order chi connectivity index (χ0) is 14.8. The lowest BCUT2D eigenvalue weighted by atomic mass is 9.91. The highest BCUT2D eigenvalue weighted by Gasteiger charge is 2.28. The van der Waals surface area contributed by atoms with E-state index in [-0.39, 0.29) is 6.04 Å². The molecule has 1 aliphatic rings. The number of ether oxygens (including phenoxy) is 1. The molecule has 3 rings (SSSR count). The molecule has 1 atom stereocenters. The quantitative estimate of drug-likeness (QED) is 0.898. The molecule has 0 radical (unpaired) electrons. The van der Waals surface area contributed by atoms with Crippen LogP contribution < -0.4 is 10.5 Å². The summed E-state index contributed by atoms with van der Waals surface area (Å²) in [6.07, 6.45) is 2.13. The van der Waals surface area contributed by atoms with Crippen LogP contribution in [0.2, 0.25) is 0 Å². The van der Waals surface area contributed by atoms with E-state index in [2.05, 4.69) is 46.3 Å². The van der Waals surface area contributed by atoms with Gasteiger partial charge in [-0.1, -0.05) is 46.3 Å². The van der Waals surface area contributed by atoms with E-state index in [1.54, 1.807) is 0 Å². The number of benzene rings is 2. The first kappa shape index (κ1) is 14.6. The lowest BCUT2D eigenvalue weighted by molar-refractivity contribution is 0.339. The van der Waals surface area contributed by atoms with Crippen molar-refractivity contribution in [3.8, 4) is 5.75 Å². The Hall–Kier alpha value is -1.32. The fraction of sp³-hybridized carbons (Fsp3) is 0.333. The molecule has 0 spiro atoms. The number of halogens is 1. The number of fused-ring (bicyclic) bond motifs is 1. The summed E-state index contributed by atoms with van der Waals surface area (Å²) in [6, 6.07) is 14.8. The molecule has 1 aliphatic carbocycles. The summed E-state index contributed by atoms with van der Waals surface area (Å²) in [5.41, 5.74) is 10.6. The smallest absolute Gasteiger partial charge is 0.120 e. The van der Waals surface area contributed by atoms with E-state index < -0.39 is 0 Å². The fourth-order valence-corrected chi connectivity index (χ4v) is 3.76. The van der Waals surface area contributed by atoms with Gasteiger partial charge >= 0.3 is 0 Å².